The number of hydrogen-bond acceptors (Lipinski definition) is 4. The molecule has 0 radical (unpaired) electrons. The Morgan fingerprint density at radius 2 is 1.67 bits per heavy atom. The Morgan fingerprint density at radius 3 is 2.29 bits per heavy atom. The Labute approximate surface area is 271 Å². The Morgan fingerprint density at radius 1 is 0.978 bits per heavy atom. The summed E-state index contributed by atoms with van der Waals surface area (Å²) < 4.78 is 10.1. The van der Waals surface area contributed by atoms with Crippen LogP contribution < -0.4 is 9.64 Å². The molecule has 1 amide bonds. The Kier molecular flexibility index (Phi) is 8.14. The van der Waals surface area contributed by atoms with Crippen molar-refractivity contribution in [3.05, 3.63) is 97.9 Å². The molecule has 232 valence electrons. The van der Waals surface area contributed by atoms with Gasteiger partial charge in [-0.25, -0.2) is 4.79 Å². The highest BCUT2D eigenvalue weighted by Crippen LogP contribution is 2.43. The van der Waals surface area contributed by atoms with E-state index in [1.807, 2.05) is 63.7 Å². The first-order chi connectivity index (χ1) is 21.5. The molecule has 3 heterocycles. The second-order valence-electron chi connectivity index (χ2n) is 11.6. The van der Waals surface area contributed by atoms with Crippen molar-refractivity contribution in [3.63, 3.8) is 0 Å². The van der Waals surface area contributed by atoms with Crippen LogP contribution in [0.2, 0.25) is 10.0 Å². The van der Waals surface area contributed by atoms with E-state index in [1.54, 1.807) is 17.0 Å². The summed E-state index contributed by atoms with van der Waals surface area (Å²) in [6.45, 7) is 9.36. The topological polar surface area (TPSA) is 89.6 Å². The highest BCUT2D eigenvalue weighted by atomic mass is 35.5. The van der Waals surface area contributed by atoms with Crippen molar-refractivity contribution in [1.82, 2.24) is 14.3 Å². The van der Waals surface area contributed by atoms with Crippen molar-refractivity contribution in [2.75, 3.05) is 18.1 Å². The van der Waals surface area contributed by atoms with Crippen molar-refractivity contribution in [2.45, 2.75) is 47.1 Å². The first kappa shape index (κ1) is 30.7. The minimum atomic E-state index is -1.01. The van der Waals surface area contributed by atoms with Crippen LogP contribution in [0.4, 0.5) is 5.69 Å². The van der Waals surface area contributed by atoms with Crippen LogP contribution in [0.15, 0.2) is 48.5 Å². The van der Waals surface area contributed by atoms with Crippen LogP contribution in [0.1, 0.15) is 55.3 Å². The van der Waals surface area contributed by atoms with Gasteiger partial charge in [-0.05, 0) is 99.7 Å². The summed E-state index contributed by atoms with van der Waals surface area (Å²) in [7, 11) is 1.92. The van der Waals surface area contributed by atoms with Gasteiger partial charge in [-0.2, -0.15) is 5.10 Å². The molecule has 0 unspecified atom stereocenters. The van der Waals surface area contributed by atoms with Gasteiger partial charge in [0.1, 0.15) is 11.4 Å². The number of benzene rings is 3. The van der Waals surface area contributed by atoms with Gasteiger partial charge >= 0.3 is 5.97 Å². The van der Waals surface area contributed by atoms with Gasteiger partial charge in [-0.15, -0.1) is 0 Å². The fourth-order valence-electron chi connectivity index (χ4n) is 6.48. The number of carbonyl (C=O) groups is 2. The lowest BCUT2D eigenvalue weighted by atomic mass is 9.98. The van der Waals surface area contributed by atoms with Gasteiger partial charge < -0.3 is 19.3 Å². The first-order valence-electron chi connectivity index (χ1n) is 14.9. The SMILES string of the molecule is Cc1cc(OCCCc2c3n(c4c(-c5c(C)nn(C)c5C)c(Cl)ccc24)CCN(c2ccc(C(=O)O)cc2)C3=O)cc(C)c1Cl. The highest BCUT2D eigenvalue weighted by molar-refractivity contribution is 6.35. The zero-order chi connectivity index (χ0) is 32.2. The average Bonchev–Trinajstić information content (AvgIpc) is 3.46. The molecular weight excluding hydrogens is 611 g/mol. The van der Waals surface area contributed by atoms with E-state index in [2.05, 4.69) is 9.67 Å². The van der Waals surface area contributed by atoms with E-state index in [1.165, 1.54) is 12.1 Å². The number of carboxylic acid groups (broad SMARTS) is 1. The van der Waals surface area contributed by atoms with Crippen LogP contribution in [0.3, 0.4) is 0 Å². The molecule has 3 aromatic carbocycles. The van der Waals surface area contributed by atoms with E-state index < -0.39 is 5.97 Å². The molecule has 0 spiro atoms. The highest BCUT2D eigenvalue weighted by Gasteiger charge is 2.33. The summed E-state index contributed by atoms with van der Waals surface area (Å²) in [4.78, 5) is 27.5. The van der Waals surface area contributed by atoms with Gasteiger partial charge in [0.2, 0.25) is 0 Å². The summed E-state index contributed by atoms with van der Waals surface area (Å²) >= 11 is 13.3. The summed E-state index contributed by atoms with van der Waals surface area (Å²) in [5.74, 6) is -0.380. The molecule has 8 nitrogen and oxygen atoms in total. The summed E-state index contributed by atoms with van der Waals surface area (Å²) in [6, 6.07) is 14.2. The first-order valence-corrected chi connectivity index (χ1v) is 15.6. The fraction of sp³-hybridized carbons (Fsp3) is 0.286. The predicted octanol–water partition coefficient (Wildman–Crippen LogP) is 7.95. The van der Waals surface area contributed by atoms with E-state index >= 15 is 0 Å². The molecule has 10 heteroatoms. The number of fused-ring (bicyclic) bond motifs is 3. The van der Waals surface area contributed by atoms with Crippen LogP contribution in [-0.2, 0) is 20.0 Å². The number of halogens is 2. The maximum absolute atomic E-state index is 14.4. The third-order valence-corrected chi connectivity index (χ3v) is 9.62. The van der Waals surface area contributed by atoms with Gasteiger partial charge in [0, 0.05) is 53.1 Å². The Balaban J connectivity index is 1.43. The number of aromatic carboxylic acids is 1. The molecule has 0 bridgehead atoms. The average molecular weight is 646 g/mol. The lowest BCUT2D eigenvalue weighted by molar-refractivity contribution is 0.0696. The van der Waals surface area contributed by atoms with E-state index in [0.717, 1.165) is 60.9 Å². The molecule has 1 N–H and O–H groups in total. The minimum absolute atomic E-state index is 0.137. The number of aromatic nitrogens is 3. The van der Waals surface area contributed by atoms with Gasteiger partial charge in [0.25, 0.3) is 5.91 Å². The Hall–Kier alpha value is -4.27. The molecule has 0 atom stereocenters. The molecule has 6 rings (SSSR count). The number of hydrogen-bond donors (Lipinski definition) is 1. The van der Waals surface area contributed by atoms with Crippen LogP contribution in [0.25, 0.3) is 22.0 Å². The third-order valence-electron chi connectivity index (χ3n) is 8.71. The van der Waals surface area contributed by atoms with Gasteiger partial charge in [-0.1, -0.05) is 29.3 Å². The number of carbonyl (C=O) groups excluding carboxylic acids is 1. The van der Waals surface area contributed by atoms with Gasteiger partial charge in [0.15, 0.2) is 0 Å². The van der Waals surface area contributed by atoms with Crippen molar-refractivity contribution in [3.8, 4) is 16.9 Å². The number of anilines is 1. The zero-order valence-corrected chi connectivity index (χ0v) is 27.4. The third kappa shape index (κ3) is 5.36. The van der Waals surface area contributed by atoms with Gasteiger partial charge in [-0.3, -0.25) is 9.48 Å². The summed E-state index contributed by atoms with van der Waals surface area (Å²) in [5, 5.41) is 16.3. The molecule has 0 fully saturated rings. The number of ether oxygens (including phenoxy) is 1. The summed E-state index contributed by atoms with van der Waals surface area (Å²) in [6.07, 6.45) is 1.28. The van der Waals surface area contributed by atoms with Crippen LogP contribution in [-0.4, -0.2) is 44.5 Å². The number of rotatable bonds is 8. The Bertz CT molecular complexity index is 1970. The maximum atomic E-state index is 14.4. The van der Waals surface area contributed by atoms with E-state index in [9.17, 15) is 14.7 Å². The normalized spacial score (nSPS) is 13.0. The number of amides is 1. The molecule has 1 aliphatic heterocycles. The van der Waals surface area contributed by atoms with Crippen molar-refractivity contribution >= 4 is 51.7 Å². The van der Waals surface area contributed by atoms with E-state index in [4.69, 9.17) is 27.9 Å². The molecule has 45 heavy (non-hydrogen) atoms. The van der Waals surface area contributed by atoms with Crippen molar-refractivity contribution in [1.29, 1.82) is 0 Å². The van der Waals surface area contributed by atoms with E-state index in [0.29, 0.717) is 48.9 Å². The monoisotopic (exact) mass is 644 g/mol. The lowest BCUT2D eigenvalue weighted by Gasteiger charge is -2.30. The van der Waals surface area contributed by atoms with Gasteiger partial charge in [0.05, 0.1) is 28.4 Å². The van der Waals surface area contributed by atoms with Crippen LogP contribution >= 0.6 is 23.2 Å². The fourth-order valence-corrected chi connectivity index (χ4v) is 6.83. The second kappa shape index (κ2) is 11.9. The lowest BCUT2D eigenvalue weighted by Crippen LogP contribution is -2.40. The maximum Gasteiger partial charge on any atom is 0.335 e. The number of carboxylic acids is 1. The van der Waals surface area contributed by atoms with Crippen molar-refractivity contribution < 1.29 is 19.4 Å². The number of aryl methyl sites for hydroxylation is 5. The van der Waals surface area contributed by atoms with Crippen LogP contribution in [0, 0.1) is 27.7 Å². The smallest absolute Gasteiger partial charge is 0.335 e. The standard InChI is InChI=1S/C35H34Cl2N4O4/c1-19-17-25(18-20(2)31(19)37)45-16-6-7-26-27-12-13-28(36)30(29-21(3)38-39(5)22(29)4)32(27)41-15-14-40(34(42)33(26)41)24-10-8-23(9-11-24)35(43)44/h8-13,17-18H,6-7,14-16H2,1-5H3,(H,43,44). The van der Waals surface area contributed by atoms with Crippen molar-refractivity contribution in [2.24, 2.45) is 7.05 Å². The number of nitrogens with zero attached hydrogens (tertiary/aromatic N) is 4. The molecule has 0 aliphatic carbocycles. The zero-order valence-electron chi connectivity index (χ0n) is 25.9. The quantitative estimate of drug-likeness (QED) is 0.173. The second-order valence-corrected chi connectivity index (χ2v) is 12.4. The molecule has 2 aromatic heterocycles. The predicted molar refractivity (Wildman–Crippen MR) is 178 cm³/mol. The molecule has 0 saturated carbocycles. The molecular formula is C35H34Cl2N4O4. The molecule has 0 saturated heterocycles. The van der Waals surface area contributed by atoms with Crippen LogP contribution in [0.5, 0.6) is 5.75 Å². The molecule has 1 aliphatic rings. The largest absolute Gasteiger partial charge is 0.494 e. The minimum Gasteiger partial charge on any atom is -0.494 e. The molecule has 5 aromatic rings. The van der Waals surface area contributed by atoms with E-state index in [-0.39, 0.29) is 11.5 Å². The summed E-state index contributed by atoms with van der Waals surface area (Å²) in [5.41, 5.74) is 8.92.